The number of hydrogen-bond donors (Lipinski definition) is 1. The van der Waals surface area contributed by atoms with Gasteiger partial charge in [-0.25, -0.2) is 4.79 Å². The Balaban J connectivity index is 3.19. The molecule has 0 aromatic rings. The lowest BCUT2D eigenvalue weighted by Gasteiger charge is -2.42. The minimum absolute atomic E-state index is 0.0590. The van der Waals surface area contributed by atoms with Gasteiger partial charge in [0.1, 0.15) is 0 Å². The van der Waals surface area contributed by atoms with E-state index in [4.69, 9.17) is 0 Å². The molecule has 1 N–H and O–H groups in total. The molecular weight excluding hydrogens is 226 g/mol. The van der Waals surface area contributed by atoms with Gasteiger partial charge in [-0.05, 0) is 26.0 Å². The minimum Gasteiger partial charge on any atom is -0.479 e. The molecule has 0 radical (unpaired) electrons. The highest BCUT2D eigenvalue weighted by molar-refractivity contribution is 8.00. The van der Waals surface area contributed by atoms with Crippen LogP contribution in [0.3, 0.4) is 0 Å². The van der Waals surface area contributed by atoms with Crippen LogP contribution in [0.5, 0.6) is 0 Å². The molecule has 1 aliphatic rings. The fourth-order valence-electron chi connectivity index (χ4n) is 2.54. The molecule has 1 rings (SSSR count). The van der Waals surface area contributed by atoms with Crippen molar-refractivity contribution in [3.8, 4) is 0 Å². The number of nitrogens with zero attached hydrogens (tertiary/aromatic N) is 1. The Morgan fingerprint density at radius 2 is 2.06 bits per heavy atom. The average Bonchev–Trinajstić information content (AvgIpc) is 2.47. The van der Waals surface area contributed by atoms with Gasteiger partial charge in [0.05, 0.1) is 0 Å². The predicted octanol–water partition coefficient (Wildman–Crippen LogP) is 1.59. The maximum Gasteiger partial charge on any atom is 0.330 e. The number of carboxylic acid groups (broad SMARTS) is 1. The molecule has 0 aliphatic carbocycles. The second-order valence-electron chi connectivity index (χ2n) is 4.48. The highest BCUT2D eigenvalue weighted by Crippen LogP contribution is 2.41. The Bertz CT molecular complexity index is 306. The van der Waals surface area contributed by atoms with Gasteiger partial charge < -0.3 is 10.0 Å². The Labute approximate surface area is 100 Å². The van der Waals surface area contributed by atoms with Crippen LogP contribution < -0.4 is 0 Å². The summed E-state index contributed by atoms with van der Waals surface area (Å²) in [5.74, 6) is -0.245. The van der Waals surface area contributed by atoms with Gasteiger partial charge in [-0.2, -0.15) is 11.8 Å². The van der Waals surface area contributed by atoms with Crippen LogP contribution in [0.15, 0.2) is 0 Å². The molecule has 1 fully saturated rings. The third-order valence-corrected chi connectivity index (χ3v) is 4.51. The van der Waals surface area contributed by atoms with E-state index in [0.717, 1.165) is 5.75 Å². The third kappa shape index (κ3) is 1.93. The lowest BCUT2D eigenvalue weighted by Crippen LogP contribution is -2.62. The van der Waals surface area contributed by atoms with Crippen molar-refractivity contribution in [1.82, 2.24) is 4.90 Å². The van der Waals surface area contributed by atoms with Crippen LogP contribution in [0.4, 0.5) is 0 Å². The Hall–Kier alpha value is -0.710. The Morgan fingerprint density at radius 3 is 2.31 bits per heavy atom. The molecule has 4 nitrogen and oxygen atoms in total. The van der Waals surface area contributed by atoms with Crippen molar-refractivity contribution < 1.29 is 14.7 Å². The normalized spacial score (nSPS) is 29.4. The molecule has 0 bridgehead atoms. The number of carbonyl (C=O) groups is 2. The van der Waals surface area contributed by atoms with Crippen LogP contribution in [-0.4, -0.2) is 44.5 Å². The molecule has 16 heavy (non-hydrogen) atoms. The summed E-state index contributed by atoms with van der Waals surface area (Å²) in [7, 11) is 0. The second-order valence-corrected chi connectivity index (χ2v) is 5.92. The summed E-state index contributed by atoms with van der Waals surface area (Å²) in [6, 6.07) is -0.0882. The molecule has 0 saturated carbocycles. The molecule has 1 aliphatic heterocycles. The number of hydrogen-bond acceptors (Lipinski definition) is 3. The van der Waals surface area contributed by atoms with Gasteiger partial charge in [0.2, 0.25) is 5.91 Å². The number of carboxylic acids is 1. The summed E-state index contributed by atoms with van der Waals surface area (Å²) < 4.78 is 0. The van der Waals surface area contributed by atoms with Crippen molar-refractivity contribution in [1.29, 1.82) is 0 Å². The molecular formula is C11H19NO3S. The first-order chi connectivity index (χ1) is 7.34. The molecule has 5 heteroatoms. The van der Waals surface area contributed by atoms with Gasteiger partial charge in [0, 0.05) is 18.2 Å². The summed E-state index contributed by atoms with van der Waals surface area (Å²) in [5, 5.41) is 9.44. The largest absolute Gasteiger partial charge is 0.479 e. The number of carbonyl (C=O) groups excluding carboxylic acids is 1. The van der Waals surface area contributed by atoms with E-state index in [1.165, 1.54) is 11.8 Å². The summed E-state index contributed by atoms with van der Waals surface area (Å²) in [4.78, 5) is 24.8. The molecule has 2 atom stereocenters. The zero-order valence-electron chi connectivity index (χ0n) is 10.2. The van der Waals surface area contributed by atoms with Crippen molar-refractivity contribution >= 4 is 23.6 Å². The predicted molar refractivity (Wildman–Crippen MR) is 64.6 cm³/mol. The van der Waals surface area contributed by atoms with E-state index in [9.17, 15) is 14.7 Å². The molecule has 1 saturated heterocycles. The SMILES string of the molecule is CC(=O)N(C(C)C)C1(C(=O)O)CCSC1C. The second kappa shape index (κ2) is 4.65. The Morgan fingerprint density at radius 1 is 1.50 bits per heavy atom. The minimum atomic E-state index is -1.02. The highest BCUT2D eigenvalue weighted by Gasteiger charge is 2.54. The monoisotopic (exact) mass is 245 g/mol. The number of amides is 1. The van der Waals surface area contributed by atoms with Crippen molar-refractivity contribution in [2.45, 2.75) is 50.9 Å². The first-order valence-electron chi connectivity index (χ1n) is 5.49. The topological polar surface area (TPSA) is 57.6 Å². The first-order valence-corrected chi connectivity index (χ1v) is 6.53. The zero-order chi connectivity index (χ0) is 12.5. The summed E-state index contributed by atoms with van der Waals surface area (Å²) in [5.41, 5.74) is -1.02. The van der Waals surface area contributed by atoms with E-state index in [-0.39, 0.29) is 17.2 Å². The smallest absolute Gasteiger partial charge is 0.330 e. The van der Waals surface area contributed by atoms with Gasteiger partial charge >= 0.3 is 5.97 Å². The van der Waals surface area contributed by atoms with Crippen LogP contribution in [0, 0.1) is 0 Å². The fraction of sp³-hybridized carbons (Fsp3) is 0.818. The Kier molecular flexibility index (Phi) is 3.88. The lowest BCUT2D eigenvalue weighted by atomic mass is 9.89. The van der Waals surface area contributed by atoms with Gasteiger partial charge in [0.15, 0.2) is 5.54 Å². The molecule has 2 unspecified atom stereocenters. The maximum absolute atomic E-state index is 11.7. The summed E-state index contributed by atoms with van der Waals surface area (Å²) >= 11 is 1.62. The molecule has 1 heterocycles. The van der Waals surface area contributed by atoms with Crippen LogP contribution in [0.25, 0.3) is 0 Å². The van der Waals surface area contributed by atoms with E-state index in [1.54, 1.807) is 11.8 Å². The zero-order valence-corrected chi connectivity index (χ0v) is 11.0. The van der Waals surface area contributed by atoms with Crippen LogP contribution in [-0.2, 0) is 9.59 Å². The van der Waals surface area contributed by atoms with Crippen molar-refractivity contribution in [3.05, 3.63) is 0 Å². The van der Waals surface area contributed by atoms with Crippen LogP contribution in [0.1, 0.15) is 34.1 Å². The van der Waals surface area contributed by atoms with E-state index in [2.05, 4.69) is 0 Å². The van der Waals surface area contributed by atoms with Gasteiger partial charge in [-0.3, -0.25) is 4.79 Å². The van der Waals surface area contributed by atoms with E-state index >= 15 is 0 Å². The van der Waals surface area contributed by atoms with E-state index in [1.807, 2.05) is 20.8 Å². The summed E-state index contributed by atoms with van der Waals surface area (Å²) in [6.45, 7) is 7.06. The standard InChI is InChI=1S/C11H19NO3S/c1-7(2)12(9(4)13)11(10(14)15)5-6-16-8(11)3/h7-8H,5-6H2,1-4H3,(H,14,15). The number of thioether (sulfide) groups is 1. The van der Waals surface area contributed by atoms with Crippen molar-refractivity contribution in [2.24, 2.45) is 0 Å². The molecule has 0 aromatic heterocycles. The van der Waals surface area contributed by atoms with Gasteiger partial charge in [0.25, 0.3) is 0 Å². The molecule has 0 aromatic carbocycles. The number of aliphatic carboxylic acids is 1. The maximum atomic E-state index is 11.7. The fourth-order valence-corrected chi connectivity index (χ4v) is 3.93. The number of rotatable bonds is 3. The molecule has 0 spiro atoms. The lowest BCUT2D eigenvalue weighted by molar-refractivity contribution is -0.160. The van der Waals surface area contributed by atoms with E-state index < -0.39 is 11.5 Å². The first kappa shape index (κ1) is 13.4. The quantitative estimate of drug-likeness (QED) is 0.820. The van der Waals surface area contributed by atoms with Gasteiger partial charge in [-0.1, -0.05) is 6.92 Å². The van der Waals surface area contributed by atoms with Gasteiger partial charge in [-0.15, -0.1) is 0 Å². The van der Waals surface area contributed by atoms with Crippen LogP contribution >= 0.6 is 11.8 Å². The van der Waals surface area contributed by atoms with E-state index in [0.29, 0.717) is 6.42 Å². The summed E-state index contributed by atoms with van der Waals surface area (Å²) in [6.07, 6.45) is 0.534. The van der Waals surface area contributed by atoms with Crippen LogP contribution in [0.2, 0.25) is 0 Å². The van der Waals surface area contributed by atoms with Crippen molar-refractivity contribution in [2.75, 3.05) is 5.75 Å². The molecule has 1 amide bonds. The highest BCUT2D eigenvalue weighted by atomic mass is 32.2. The average molecular weight is 245 g/mol. The third-order valence-electron chi connectivity index (χ3n) is 3.18. The molecule has 92 valence electrons. The van der Waals surface area contributed by atoms with Crippen molar-refractivity contribution in [3.63, 3.8) is 0 Å².